The number of halogens is 6. The SMILES string of the molecule is CCN(Cc1ccccc1)C(=O)c1nc(C2CCCN2Cc2ccccn2)n2ccccc12.O=C(O)C(F)(F)F.O=C(O)C(F)(F)F. The Morgan fingerprint density at radius 2 is 1.49 bits per heavy atom. The average Bonchev–Trinajstić information content (AvgIpc) is 3.64. The number of hydrogen-bond donors (Lipinski definition) is 2. The first kappa shape index (κ1) is 36.5. The number of hydrogen-bond acceptors (Lipinski definition) is 6. The van der Waals surface area contributed by atoms with E-state index in [0.717, 1.165) is 48.5 Å². The number of rotatable bonds is 7. The summed E-state index contributed by atoms with van der Waals surface area (Å²) in [7, 11) is 0. The fourth-order valence-electron chi connectivity index (χ4n) is 4.74. The molecule has 3 aromatic heterocycles. The normalized spacial score (nSPS) is 14.8. The fourth-order valence-corrected chi connectivity index (χ4v) is 4.74. The first-order chi connectivity index (χ1) is 22.1. The molecule has 10 nitrogen and oxygen atoms in total. The summed E-state index contributed by atoms with van der Waals surface area (Å²) in [6, 6.07) is 22.3. The minimum atomic E-state index is -5.08. The first-order valence-corrected chi connectivity index (χ1v) is 14.2. The standard InChI is InChI=1S/C27H29N5O.2C2HF3O2/c1-2-30(19-21-11-4-3-5-12-21)27(33)25-23-14-7-9-18-32(23)26(29-25)24-15-10-17-31(24)20-22-13-6-8-16-28-22;2*3-2(4,5)1(6)7/h3-9,11-14,16,18,24H,2,10,15,17,19-20H2,1H3;2*(H,6,7). The van der Waals surface area contributed by atoms with E-state index in [1.807, 2.05) is 72.7 Å². The van der Waals surface area contributed by atoms with Crippen molar-refractivity contribution in [2.45, 2.75) is 51.2 Å². The van der Waals surface area contributed by atoms with Gasteiger partial charge in [-0.3, -0.25) is 14.7 Å². The predicted molar refractivity (Wildman–Crippen MR) is 156 cm³/mol. The van der Waals surface area contributed by atoms with Gasteiger partial charge in [0.2, 0.25) is 0 Å². The molecule has 16 heteroatoms. The zero-order chi connectivity index (χ0) is 34.8. The van der Waals surface area contributed by atoms with Gasteiger partial charge in [-0.15, -0.1) is 0 Å². The van der Waals surface area contributed by atoms with Crippen LogP contribution in [0.2, 0.25) is 0 Å². The van der Waals surface area contributed by atoms with E-state index in [1.165, 1.54) is 0 Å². The third-order valence-corrected chi connectivity index (χ3v) is 6.90. The number of pyridine rings is 2. The number of amides is 1. The maximum Gasteiger partial charge on any atom is 0.490 e. The number of carboxylic acid groups (broad SMARTS) is 2. The fraction of sp³-hybridized carbons (Fsp3) is 0.323. The van der Waals surface area contributed by atoms with Crippen LogP contribution in [0.1, 0.15) is 53.4 Å². The molecule has 1 fully saturated rings. The highest BCUT2D eigenvalue weighted by Gasteiger charge is 2.39. The highest BCUT2D eigenvalue weighted by Crippen LogP contribution is 2.34. The van der Waals surface area contributed by atoms with Crippen LogP contribution in [0.4, 0.5) is 26.3 Å². The minimum Gasteiger partial charge on any atom is -0.475 e. The van der Waals surface area contributed by atoms with Crippen LogP contribution in [0, 0.1) is 0 Å². The number of imidazole rings is 1. The Bertz CT molecular complexity index is 1610. The molecular formula is C31H31F6N5O5. The van der Waals surface area contributed by atoms with Crippen molar-refractivity contribution in [3.8, 4) is 0 Å². The summed E-state index contributed by atoms with van der Waals surface area (Å²) in [6.45, 7) is 5.01. The molecule has 47 heavy (non-hydrogen) atoms. The molecule has 1 amide bonds. The van der Waals surface area contributed by atoms with E-state index in [9.17, 15) is 31.1 Å². The van der Waals surface area contributed by atoms with Gasteiger partial charge in [0.1, 0.15) is 5.82 Å². The van der Waals surface area contributed by atoms with Crippen LogP contribution in [0.3, 0.4) is 0 Å². The van der Waals surface area contributed by atoms with Crippen LogP contribution in [-0.2, 0) is 22.7 Å². The average molecular weight is 668 g/mol. The van der Waals surface area contributed by atoms with E-state index < -0.39 is 24.3 Å². The summed E-state index contributed by atoms with van der Waals surface area (Å²) >= 11 is 0. The molecule has 5 rings (SSSR count). The maximum atomic E-state index is 13.6. The Balaban J connectivity index is 0.000000360. The molecule has 0 bridgehead atoms. The zero-order valence-corrected chi connectivity index (χ0v) is 24.9. The van der Waals surface area contributed by atoms with Crippen molar-refractivity contribution in [3.63, 3.8) is 0 Å². The van der Waals surface area contributed by atoms with Gasteiger partial charge in [0.25, 0.3) is 5.91 Å². The van der Waals surface area contributed by atoms with Crippen molar-refractivity contribution in [1.82, 2.24) is 24.2 Å². The molecular weight excluding hydrogens is 636 g/mol. The molecule has 1 aromatic carbocycles. The lowest BCUT2D eigenvalue weighted by atomic mass is 10.2. The third-order valence-electron chi connectivity index (χ3n) is 6.90. The topological polar surface area (TPSA) is 128 Å². The maximum absolute atomic E-state index is 13.6. The number of alkyl halides is 6. The summed E-state index contributed by atoms with van der Waals surface area (Å²) in [5.41, 5.74) is 3.58. The van der Waals surface area contributed by atoms with Crippen LogP contribution in [0.5, 0.6) is 0 Å². The summed E-state index contributed by atoms with van der Waals surface area (Å²) < 4.78 is 65.6. The van der Waals surface area contributed by atoms with Gasteiger partial charge in [-0.1, -0.05) is 42.5 Å². The van der Waals surface area contributed by atoms with E-state index in [2.05, 4.69) is 32.5 Å². The van der Waals surface area contributed by atoms with Crippen molar-refractivity contribution in [2.24, 2.45) is 0 Å². The smallest absolute Gasteiger partial charge is 0.475 e. The second-order valence-electron chi connectivity index (χ2n) is 10.1. The largest absolute Gasteiger partial charge is 0.490 e. The van der Waals surface area contributed by atoms with Gasteiger partial charge in [-0.25, -0.2) is 14.6 Å². The van der Waals surface area contributed by atoms with Crippen LogP contribution in [0.25, 0.3) is 5.52 Å². The molecule has 1 unspecified atom stereocenters. The molecule has 1 atom stereocenters. The molecule has 1 aliphatic rings. The van der Waals surface area contributed by atoms with Crippen molar-refractivity contribution < 1.29 is 50.9 Å². The van der Waals surface area contributed by atoms with Crippen LogP contribution in [-0.4, -0.2) is 77.7 Å². The van der Waals surface area contributed by atoms with E-state index in [1.54, 1.807) is 0 Å². The Morgan fingerprint density at radius 3 is 2.04 bits per heavy atom. The van der Waals surface area contributed by atoms with Crippen LogP contribution < -0.4 is 0 Å². The van der Waals surface area contributed by atoms with Gasteiger partial charge in [0.05, 0.1) is 17.3 Å². The number of aromatic nitrogens is 3. The van der Waals surface area contributed by atoms with Crippen molar-refractivity contribution in [3.05, 3.63) is 102 Å². The number of aliphatic carboxylic acids is 2. The molecule has 0 radical (unpaired) electrons. The van der Waals surface area contributed by atoms with Gasteiger partial charge < -0.3 is 19.5 Å². The molecule has 0 aliphatic carbocycles. The molecule has 1 saturated heterocycles. The van der Waals surface area contributed by atoms with Gasteiger partial charge in [-0.2, -0.15) is 26.3 Å². The van der Waals surface area contributed by atoms with Crippen molar-refractivity contribution >= 4 is 23.4 Å². The predicted octanol–water partition coefficient (Wildman–Crippen LogP) is 6.00. The van der Waals surface area contributed by atoms with E-state index in [0.29, 0.717) is 18.8 Å². The highest BCUT2D eigenvalue weighted by atomic mass is 19.4. The van der Waals surface area contributed by atoms with E-state index >= 15 is 0 Å². The quantitative estimate of drug-likeness (QED) is 0.230. The third kappa shape index (κ3) is 10.3. The summed E-state index contributed by atoms with van der Waals surface area (Å²) in [6.07, 6.45) is -4.17. The Labute approximate surface area is 264 Å². The van der Waals surface area contributed by atoms with Gasteiger partial charge >= 0.3 is 24.3 Å². The number of likely N-dealkylation sites (tertiary alicyclic amines) is 1. The Morgan fingerprint density at radius 1 is 0.894 bits per heavy atom. The van der Waals surface area contributed by atoms with Crippen molar-refractivity contribution in [2.75, 3.05) is 13.1 Å². The zero-order valence-electron chi connectivity index (χ0n) is 24.9. The molecule has 0 saturated carbocycles. The summed E-state index contributed by atoms with van der Waals surface area (Å²) in [4.78, 5) is 45.2. The van der Waals surface area contributed by atoms with Gasteiger partial charge in [0, 0.05) is 32.0 Å². The second-order valence-corrected chi connectivity index (χ2v) is 10.1. The van der Waals surface area contributed by atoms with E-state index in [-0.39, 0.29) is 11.9 Å². The number of carbonyl (C=O) groups excluding carboxylic acids is 1. The molecule has 1 aliphatic heterocycles. The van der Waals surface area contributed by atoms with Crippen LogP contribution >= 0.6 is 0 Å². The monoisotopic (exact) mass is 667 g/mol. The summed E-state index contributed by atoms with van der Waals surface area (Å²) in [5.74, 6) is -4.59. The molecule has 0 spiro atoms. The molecule has 4 heterocycles. The lowest BCUT2D eigenvalue weighted by molar-refractivity contribution is -0.193. The Kier molecular flexibility index (Phi) is 12.4. The summed E-state index contributed by atoms with van der Waals surface area (Å²) in [5, 5.41) is 14.2. The highest BCUT2D eigenvalue weighted by molar-refractivity contribution is 5.99. The van der Waals surface area contributed by atoms with Gasteiger partial charge in [0.15, 0.2) is 5.69 Å². The molecule has 252 valence electrons. The lowest BCUT2D eigenvalue weighted by Gasteiger charge is -2.23. The second kappa shape index (κ2) is 16.0. The molecule has 2 N–H and O–H groups in total. The van der Waals surface area contributed by atoms with Gasteiger partial charge in [-0.05, 0) is 56.1 Å². The first-order valence-electron chi connectivity index (χ1n) is 14.2. The van der Waals surface area contributed by atoms with Crippen molar-refractivity contribution in [1.29, 1.82) is 0 Å². The number of carboxylic acids is 2. The van der Waals surface area contributed by atoms with Crippen LogP contribution in [0.15, 0.2) is 79.1 Å². The number of nitrogens with zero attached hydrogens (tertiary/aromatic N) is 5. The van der Waals surface area contributed by atoms with E-state index in [4.69, 9.17) is 24.8 Å². The number of fused-ring (bicyclic) bond motifs is 1. The minimum absolute atomic E-state index is 0.0226. The Hall–Kier alpha value is -4.99. The number of benzene rings is 1. The molecule has 4 aromatic rings. The number of carbonyl (C=O) groups is 3. The lowest BCUT2D eigenvalue weighted by Crippen LogP contribution is -2.31.